The number of aryl methyl sites for hydroxylation is 1. The molecule has 0 aromatic heterocycles. The lowest BCUT2D eigenvalue weighted by Crippen LogP contribution is -2.52. The molecule has 2 aliphatic heterocycles. The molecule has 0 saturated carbocycles. The van der Waals surface area contributed by atoms with E-state index in [1.807, 2.05) is 40.1 Å². The van der Waals surface area contributed by atoms with Crippen LogP contribution in [0.2, 0.25) is 0 Å². The fraction of sp³-hybridized carbons (Fsp3) is 0.545. The number of piperazine rings is 1. The van der Waals surface area contributed by atoms with Crippen LogP contribution >= 0.6 is 0 Å². The SMILES string of the molecule is Cc1ccc(/C=C\C(=O)N2CCN(CC(=O)N3CCCC[C@H]3C)CC2)cc1. The van der Waals surface area contributed by atoms with Crippen molar-refractivity contribution in [3.63, 3.8) is 0 Å². The van der Waals surface area contributed by atoms with Crippen LogP contribution in [0.5, 0.6) is 0 Å². The largest absolute Gasteiger partial charge is 0.339 e. The van der Waals surface area contributed by atoms with E-state index in [-0.39, 0.29) is 11.8 Å². The van der Waals surface area contributed by atoms with E-state index in [2.05, 4.69) is 18.7 Å². The molecule has 2 saturated heterocycles. The Hall–Kier alpha value is -2.14. The molecular formula is C22H31N3O2. The van der Waals surface area contributed by atoms with Crippen LogP contribution in [0, 0.1) is 6.92 Å². The first-order chi connectivity index (χ1) is 13.0. The lowest BCUT2D eigenvalue weighted by Gasteiger charge is -2.37. The van der Waals surface area contributed by atoms with Crippen LogP contribution in [0.3, 0.4) is 0 Å². The van der Waals surface area contributed by atoms with Crippen molar-refractivity contribution in [2.75, 3.05) is 39.3 Å². The number of benzene rings is 1. The maximum atomic E-state index is 12.6. The highest BCUT2D eigenvalue weighted by atomic mass is 16.2. The average Bonchev–Trinajstić information content (AvgIpc) is 2.68. The van der Waals surface area contributed by atoms with Gasteiger partial charge in [-0.3, -0.25) is 14.5 Å². The summed E-state index contributed by atoms with van der Waals surface area (Å²) in [6.07, 6.45) is 6.98. The molecule has 0 N–H and O–H groups in total. The number of amides is 2. The Morgan fingerprint density at radius 2 is 1.74 bits per heavy atom. The number of carbonyl (C=O) groups is 2. The zero-order valence-electron chi connectivity index (χ0n) is 16.6. The summed E-state index contributed by atoms with van der Waals surface area (Å²) in [5, 5.41) is 0. The van der Waals surface area contributed by atoms with Crippen LogP contribution in [-0.4, -0.2) is 71.8 Å². The molecule has 146 valence electrons. The van der Waals surface area contributed by atoms with E-state index < -0.39 is 0 Å². The standard InChI is InChI=1S/C22H31N3O2/c1-18-6-8-20(9-7-18)10-11-21(26)24-15-13-23(14-16-24)17-22(27)25-12-4-3-5-19(25)2/h6-11,19H,3-5,12-17H2,1-2H3/b11-10-/t19-/m1/s1. The molecule has 1 aromatic rings. The van der Waals surface area contributed by atoms with Gasteiger partial charge in [0.15, 0.2) is 0 Å². The third kappa shape index (κ3) is 5.42. The quantitative estimate of drug-likeness (QED) is 0.766. The van der Waals surface area contributed by atoms with Crippen LogP contribution in [0.4, 0.5) is 0 Å². The van der Waals surface area contributed by atoms with Crippen molar-refractivity contribution in [1.29, 1.82) is 0 Å². The molecule has 0 spiro atoms. The topological polar surface area (TPSA) is 43.9 Å². The zero-order valence-corrected chi connectivity index (χ0v) is 16.6. The molecule has 0 aliphatic carbocycles. The number of carbonyl (C=O) groups excluding carboxylic acids is 2. The molecule has 5 nitrogen and oxygen atoms in total. The summed E-state index contributed by atoms with van der Waals surface area (Å²) >= 11 is 0. The van der Waals surface area contributed by atoms with E-state index in [0.717, 1.165) is 38.0 Å². The van der Waals surface area contributed by atoms with Crippen molar-refractivity contribution in [1.82, 2.24) is 14.7 Å². The van der Waals surface area contributed by atoms with E-state index in [4.69, 9.17) is 0 Å². The molecule has 2 aliphatic rings. The molecule has 0 unspecified atom stereocenters. The lowest BCUT2D eigenvalue weighted by atomic mass is 10.0. The predicted molar refractivity (Wildman–Crippen MR) is 108 cm³/mol. The number of likely N-dealkylation sites (tertiary alicyclic amines) is 1. The number of rotatable bonds is 4. The van der Waals surface area contributed by atoms with Gasteiger partial charge in [-0.2, -0.15) is 0 Å². The second-order valence-corrected chi connectivity index (χ2v) is 7.78. The van der Waals surface area contributed by atoms with Gasteiger partial charge in [-0.25, -0.2) is 0 Å². The number of nitrogens with zero attached hydrogens (tertiary/aromatic N) is 3. The summed E-state index contributed by atoms with van der Waals surface area (Å²) in [7, 11) is 0. The minimum absolute atomic E-state index is 0.0474. The minimum atomic E-state index is 0.0474. The highest BCUT2D eigenvalue weighted by molar-refractivity contribution is 5.91. The Kier molecular flexibility index (Phi) is 6.67. The second-order valence-electron chi connectivity index (χ2n) is 7.78. The molecule has 3 rings (SSSR count). The van der Waals surface area contributed by atoms with Crippen molar-refractivity contribution in [3.05, 3.63) is 41.5 Å². The molecule has 27 heavy (non-hydrogen) atoms. The van der Waals surface area contributed by atoms with Gasteiger partial charge >= 0.3 is 0 Å². The Labute approximate surface area is 162 Å². The molecule has 1 aromatic carbocycles. The van der Waals surface area contributed by atoms with Crippen molar-refractivity contribution in [2.45, 2.75) is 39.2 Å². The fourth-order valence-electron chi connectivity index (χ4n) is 3.83. The summed E-state index contributed by atoms with van der Waals surface area (Å²) in [6, 6.07) is 8.49. The van der Waals surface area contributed by atoms with Crippen LogP contribution in [0.25, 0.3) is 6.08 Å². The average molecular weight is 370 g/mol. The smallest absolute Gasteiger partial charge is 0.246 e. The first kappa shape index (κ1) is 19.6. The molecule has 2 fully saturated rings. The van der Waals surface area contributed by atoms with Gasteiger partial charge in [-0.05, 0) is 44.7 Å². The van der Waals surface area contributed by atoms with E-state index in [1.165, 1.54) is 12.0 Å². The fourth-order valence-corrected chi connectivity index (χ4v) is 3.83. The van der Waals surface area contributed by atoms with E-state index in [1.54, 1.807) is 6.08 Å². The van der Waals surface area contributed by atoms with Gasteiger partial charge in [0.2, 0.25) is 11.8 Å². The molecule has 2 amide bonds. The van der Waals surface area contributed by atoms with Gasteiger partial charge < -0.3 is 9.80 Å². The molecule has 1 atom stereocenters. The normalized spacial score (nSPS) is 21.6. The highest BCUT2D eigenvalue weighted by Crippen LogP contribution is 2.17. The monoisotopic (exact) mass is 369 g/mol. The molecule has 0 radical (unpaired) electrons. The third-order valence-corrected chi connectivity index (χ3v) is 5.66. The van der Waals surface area contributed by atoms with Crippen molar-refractivity contribution >= 4 is 17.9 Å². The maximum absolute atomic E-state index is 12.6. The zero-order chi connectivity index (χ0) is 19.2. The lowest BCUT2D eigenvalue weighted by molar-refractivity contribution is -0.136. The van der Waals surface area contributed by atoms with Gasteiger partial charge in [0.1, 0.15) is 0 Å². The predicted octanol–water partition coefficient (Wildman–Crippen LogP) is 2.55. The molecule has 5 heteroatoms. The van der Waals surface area contributed by atoms with Crippen molar-refractivity contribution in [3.8, 4) is 0 Å². The van der Waals surface area contributed by atoms with Crippen LogP contribution in [-0.2, 0) is 9.59 Å². The second kappa shape index (κ2) is 9.18. The van der Waals surface area contributed by atoms with Gasteiger partial charge in [-0.1, -0.05) is 29.8 Å². The maximum Gasteiger partial charge on any atom is 0.246 e. The summed E-state index contributed by atoms with van der Waals surface area (Å²) in [5.41, 5.74) is 2.25. The van der Waals surface area contributed by atoms with E-state index in [0.29, 0.717) is 25.7 Å². The highest BCUT2D eigenvalue weighted by Gasteiger charge is 2.26. The Balaban J connectivity index is 1.44. The first-order valence-corrected chi connectivity index (χ1v) is 10.1. The van der Waals surface area contributed by atoms with Crippen LogP contribution in [0.1, 0.15) is 37.3 Å². The third-order valence-electron chi connectivity index (χ3n) is 5.66. The van der Waals surface area contributed by atoms with Crippen molar-refractivity contribution < 1.29 is 9.59 Å². The molecular weight excluding hydrogens is 338 g/mol. The Bertz CT molecular complexity index is 675. The van der Waals surface area contributed by atoms with Crippen LogP contribution < -0.4 is 0 Å². The summed E-state index contributed by atoms with van der Waals surface area (Å²) in [6.45, 7) is 8.45. The van der Waals surface area contributed by atoms with Gasteiger partial charge in [0, 0.05) is 44.8 Å². The van der Waals surface area contributed by atoms with E-state index in [9.17, 15) is 9.59 Å². The van der Waals surface area contributed by atoms with Gasteiger partial charge in [-0.15, -0.1) is 0 Å². The molecule has 0 bridgehead atoms. The Morgan fingerprint density at radius 3 is 2.41 bits per heavy atom. The number of piperidine rings is 1. The van der Waals surface area contributed by atoms with Gasteiger partial charge in [0.05, 0.1) is 6.54 Å². The van der Waals surface area contributed by atoms with Crippen LogP contribution in [0.15, 0.2) is 30.3 Å². The van der Waals surface area contributed by atoms with Gasteiger partial charge in [0.25, 0.3) is 0 Å². The number of hydrogen-bond acceptors (Lipinski definition) is 3. The first-order valence-electron chi connectivity index (χ1n) is 10.1. The number of hydrogen-bond donors (Lipinski definition) is 0. The minimum Gasteiger partial charge on any atom is -0.339 e. The Morgan fingerprint density at radius 1 is 1.04 bits per heavy atom. The summed E-state index contributed by atoms with van der Waals surface area (Å²) in [4.78, 5) is 31.1. The summed E-state index contributed by atoms with van der Waals surface area (Å²) < 4.78 is 0. The molecule has 2 heterocycles. The van der Waals surface area contributed by atoms with E-state index >= 15 is 0 Å². The summed E-state index contributed by atoms with van der Waals surface area (Å²) in [5.74, 6) is 0.285. The van der Waals surface area contributed by atoms with Crippen molar-refractivity contribution in [2.24, 2.45) is 0 Å².